The monoisotopic (exact) mass is 412 g/mol. The Morgan fingerprint density at radius 1 is 1.00 bits per heavy atom. The van der Waals surface area contributed by atoms with E-state index in [1.54, 1.807) is 60.7 Å². The van der Waals surface area contributed by atoms with Gasteiger partial charge in [0.2, 0.25) is 0 Å². The minimum atomic E-state index is -0.325. The van der Waals surface area contributed by atoms with E-state index in [9.17, 15) is 9.18 Å². The molecule has 0 heterocycles. The highest BCUT2D eigenvalue weighted by molar-refractivity contribution is 6.30. The van der Waals surface area contributed by atoms with Crippen LogP contribution in [-0.2, 0) is 16.2 Å². The lowest BCUT2D eigenvalue weighted by atomic mass is 10.2. The SMILES string of the molecule is O=C(CO/N=C/c1ccc(OCc2ccc(F)cc2)cc1)Nc1ccc(Cl)cc1. The molecule has 5 nitrogen and oxygen atoms in total. The maximum atomic E-state index is 12.9. The van der Waals surface area contributed by atoms with Crippen LogP contribution in [0.5, 0.6) is 5.75 Å². The minimum Gasteiger partial charge on any atom is -0.489 e. The van der Waals surface area contributed by atoms with E-state index in [0.29, 0.717) is 23.1 Å². The summed E-state index contributed by atoms with van der Waals surface area (Å²) >= 11 is 5.79. The Hall–Kier alpha value is -3.38. The Morgan fingerprint density at radius 3 is 2.38 bits per heavy atom. The number of amides is 1. The molecule has 0 aliphatic carbocycles. The van der Waals surface area contributed by atoms with E-state index >= 15 is 0 Å². The quantitative estimate of drug-likeness (QED) is 0.416. The first kappa shape index (κ1) is 20.4. The van der Waals surface area contributed by atoms with Crippen molar-refractivity contribution in [2.24, 2.45) is 5.16 Å². The van der Waals surface area contributed by atoms with Crippen molar-refractivity contribution >= 4 is 29.4 Å². The molecule has 0 unspecified atom stereocenters. The van der Waals surface area contributed by atoms with Gasteiger partial charge >= 0.3 is 0 Å². The Labute approximate surface area is 172 Å². The number of nitrogens with one attached hydrogen (secondary N) is 1. The first-order valence-electron chi connectivity index (χ1n) is 8.76. The number of carbonyl (C=O) groups is 1. The molecule has 29 heavy (non-hydrogen) atoms. The van der Waals surface area contributed by atoms with Crippen LogP contribution >= 0.6 is 11.6 Å². The summed E-state index contributed by atoms with van der Waals surface area (Å²) in [7, 11) is 0. The van der Waals surface area contributed by atoms with Gasteiger partial charge in [-0.1, -0.05) is 28.9 Å². The molecule has 0 aliphatic heterocycles. The second kappa shape index (κ2) is 10.2. The van der Waals surface area contributed by atoms with Gasteiger partial charge in [-0.3, -0.25) is 4.79 Å². The lowest BCUT2D eigenvalue weighted by Crippen LogP contribution is -2.16. The highest BCUT2D eigenvalue weighted by Gasteiger charge is 2.02. The fraction of sp³-hybridized carbons (Fsp3) is 0.0909. The number of benzene rings is 3. The molecule has 3 rings (SSSR count). The topological polar surface area (TPSA) is 59.9 Å². The Balaban J connectivity index is 1.40. The number of anilines is 1. The summed E-state index contributed by atoms with van der Waals surface area (Å²) in [5, 5.41) is 7.05. The number of nitrogens with zero attached hydrogens (tertiary/aromatic N) is 1. The number of oxime groups is 1. The fourth-order valence-corrected chi connectivity index (χ4v) is 2.45. The molecule has 0 radical (unpaired) electrons. The van der Waals surface area contributed by atoms with E-state index in [1.165, 1.54) is 18.3 Å². The second-order valence-electron chi connectivity index (χ2n) is 6.05. The molecule has 3 aromatic carbocycles. The molecular formula is C22H18ClFN2O3. The minimum absolute atomic E-state index is 0.210. The number of rotatable bonds is 8. The van der Waals surface area contributed by atoms with Crippen LogP contribution in [0.3, 0.4) is 0 Å². The summed E-state index contributed by atoms with van der Waals surface area (Å²) in [6.07, 6.45) is 1.50. The van der Waals surface area contributed by atoms with Gasteiger partial charge in [0.05, 0.1) is 6.21 Å². The smallest absolute Gasteiger partial charge is 0.265 e. The van der Waals surface area contributed by atoms with E-state index in [2.05, 4.69) is 10.5 Å². The van der Waals surface area contributed by atoms with Crippen LogP contribution in [0.2, 0.25) is 5.02 Å². The fourth-order valence-electron chi connectivity index (χ4n) is 2.32. The molecule has 1 amide bonds. The molecule has 0 bridgehead atoms. The molecule has 0 aromatic heterocycles. The zero-order valence-electron chi connectivity index (χ0n) is 15.3. The largest absolute Gasteiger partial charge is 0.489 e. The van der Waals surface area contributed by atoms with Crippen LogP contribution in [0.25, 0.3) is 0 Å². The van der Waals surface area contributed by atoms with Crippen molar-refractivity contribution in [2.75, 3.05) is 11.9 Å². The van der Waals surface area contributed by atoms with Crippen LogP contribution in [0.1, 0.15) is 11.1 Å². The van der Waals surface area contributed by atoms with Crippen molar-refractivity contribution in [2.45, 2.75) is 6.61 Å². The Bertz CT molecular complexity index is 959. The summed E-state index contributed by atoms with van der Waals surface area (Å²) < 4.78 is 18.5. The van der Waals surface area contributed by atoms with Gasteiger partial charge in [-0.15, -0.1) is 0 Å². The zero-order valence-corrected chi connectivity index (χ0v) is 16.1. The maximum Gasteiger partial charge on any atom is 0.265 e. The number of halogens is 2. The first-order chi connectivity index (χ1) is 14.1. The lowest BCUT2D eigenvalue weighted by molar-refractivity contribution is -0.120. The molecule has 0 aliphatic rings. The molecule has 1 N–H and O–H groups in total. The van der Waals surface area contributed by atoms with Crippen LogP contribution in [0.4, 0.5) is 10.1 Å². The van der Waals surface area contributed by atoms with Gasteiger partial charge in [0.25, 0.3) is 5.91 Å². The molecule has 0 saturated carbocycles. The van der Waals surface area contributed by atoms with Gasteiger partial charge < -0.3 is 14.9 Å². The molecule has 0 fully saturated rings. The second-order valence-corrected chi connectivity index (χ2v) is 6.48. The predicted molar refractivity (Wildman–Crippen MR) is 111 cm³/mol. The summed E-state index contributed by atoms with van der Waals surface area (Å²) in [6.45, 7) is 0.136. The standard InChI is InChI=1S/C22H18ClFN2O3/c23-18-5-9-20(10-6-18)26-22(27)15-29-25-13-16-3-11-21(12-4-16)28-14-17-1-7-19(24)8-2-17/h1-13H,14-15H2,(H,26,27)/b25-13+. The van der Waals surface area contributed by atoms with Crippen molar-refractivity contribution in [3.8, 4) is 5.75 Å². The Morgan fingerprint density at radius 2 is 1.69 bits per heavy atom. The summed E-state index contributed by atoms with van der Waals surface area (Å²) in [4.78, 5) is 16.8. The van der Waals surface area contributed by atoms with Crippen LogP contribution in [0, 0.1) is 5.82 Å². The van der Waals surface area contributed by atoms with E-state index in [4.69, 9.17) is 21.2 Å². The third-order valence-corrected chi connectivity index (χ3v) is 4.05. The van der Waals surface area contributed by atoms with Crippen LogP contribution in [0.15, 0.2) is 78.0 Å². The van der Waals surface area contributed by atoms with Gasteiger partial charge in [0.15, 0.2) is 6.61 Å². The van der Waals surface area contributed by atoms with Crippen molar-refractivity contribution in [1.82, 2.24) is 0 Å². The molecular weight excluding hydrogens is 395 g/mol. The van der Waals surface area contributed by atoms with Gasteiger partial charge in [0.1, 0.15) is 18.2 Å². The molecule has 3 aromatic rings. The average Bonchev–Trinajstić information content (AvgIpc) is 2.73. The van der Waals surface area contributed by atoms with Crippen molar-refractivity contribution < 1.29 is 18.8 Å². The van der Waals surface area contributed by atoms with Crippen LogP contribution < -0.4 is 10.1 Å². The van der Waals surface area contributed by atoms with E-state index in [0.717, 1.165) is 11.1 Å². The highest BCUT2D eigenvalue weighted by Crippen LogP contribution is 2.14. The summed E-state index contributed by atoms with van der Waals surface area (Å²) in [5.41, 5.74) is 2.29. The van der Waals surface area contributed by atoms with Crippen molar-refractivity contribution in [3.05, 3.63) is 94.8 Å². The van der Waals surface area contributed by atoms with E-state index in [-0.39, 0.29) is 18.3 Å². The number of hydrogen-bond acceptors (Lipinski definition) is 4. The number of carbonyl (C=O) groups excluding carboxylic acids is 1. The third-order valence-electron chi connectivity index (χ3n) is 3.80. The van der Waals surface area contributed by atoms with Crippen molar-refractivity contribution in [3.63, 3.8) is 0 Å². The average molecular weight is 413 g/mol. The van der Waals surface area contributed by atoms with Gasteiger partial charge in [-0.05, 0) is 71.8 Å². The maximum absolute atomic E-state index is 12.9. The van der Waals surface area contributed by atoms with Crippen molar-refractivity contribution in [1.29, 1.82) is 0 Å². The number of ether oxygens (including phenoxy) is 1. The highest BCUT2D eigenvalue weighted by atomic mass is 35.5. The van der Waals surface area contributed by atoms with Gasteiger partial charge in [0, 0.05) is 10.7 Å². The molecule has 7 heteroatoms. The summed E-state index contributed by atoms with van der Waals surface area (Å²) in [5.74, 6) is 0.0748. The van der Waals surface area contributed by atoms with E-state index < -0.39 is 0 Å². The van der Waals surface area contributed by atoms with Gasteiger partial charge in [-0.2, -0.15) is 0 Å². The van der Waals surface area contributed by atoms with Crippen LogP contribution in [-0.4, -0.2) is 18.7 Å². The molecule has 0 atom stereocenters. The lowest BCUT2D eigenvalue weighted by Gasteiger charge is -2.06. The zero-order chi connectivity index (χ0) is 20.5. The van der Waals surface area contributed by atoms with E-state index in [1.807, 2.05) is 0 Å². The Kier molecular flexibility index (Phi) is 7.19. The number of hydrogen-bond donors (Lipinski definition) is 1. The predicted octanol–water partition coefficient (Wildman–Crippen LogP) is 5.05. The third kappa shape index (κ3) is 6.93. The summed E-state index contributed by atoms with van der Waals surface area (Å²) in [6, 6.07) is 20.1. The van der Waals surface area contributed by atoms with Gasteiger partial charge in [-0.25, -0.2) is 4.39 Å². The first-order valence-corrected chi connectivity index (χ1v) is 9.14. The molecule has 0 spiro atoms. The molecule has 0 saturated heterocycles. The normalized spacial score (nSPS) is 10.7. The molecule has 148 valence electrons.